The molecule has 0 fully saturated rings. The summed E-state index contributed by atoms with van der Waals surface area (Å²) in [5.41, 5.74) is 1.85. The molecule has 1 aromatic heterocycles. The number of nitrogens with one attached hydrogen (secondary N) is 1. The molecule has 2 aromatic rings. The minimum absolute atomic E-state index is 0.0227. The third-order valence-electron chi connectivity index (χ3n) is 2.74. The summed E-state index contributed by atoms with van der Waals surface area (Å²) in [6, 6.07) is 9.85. The van der Waals surface area contributed by atoms with Crippen LogP contribution in [0.15, 0.2) is 30.3 Å². The van der Waals surface area contributed by atoms with Crippen molar-refractivity contribution in [1.29, 1.82) is 0 Å². The van der Waals surface area contributed by atoms with Gasteiger partial charge < -0.3 is 5.32 Å². The molecule has 2 rings (SSSR count). The standard InChI is InChI=1S/C13H15N3OS/c1-3-11-12(18-16-15-11)13(17)14-9(2)10-7-5-4-6-8-10/h4-9H,3H2,1-2H3,(H,14,17)/t9-/m1/s1. The summed E-state index contributed by atoms with van der Waals surface area (Å²) < 4.78 is 3.82. The van der Waals surface area contributed by atoms with Crippen LogP contribution in [0.5, 0.6) is 0 Å². The third-order valence-corrected chi connectivity index (χ3v) is 3.51. The summed E-state index contributed by atoms with van der Waals surface area (Å²) in [5, 5.41) is 6.91. The van der Waals surface area contributed by atoms with Gasteiger partial charge in [-0.3, -0.25) is 4.79 Å². The summed E-state index contributed by atoms with van der Waals surface area (Å²) in [7, 11) is 0. The molecule has 0 spiro atoms. The van der Waals surface area contributed by atoms with Crippen LogP contribution in [0.2, 0.25) is 0 Å². The molecule has 1 aromatic carbocycles. The first-order chi connectivity index (χ1) is 8.72. The summed E-state index contributed by atoms with van der Waals surface area (Å²) in [5.74, 6) is -0.0989. The van der Waals surface area contributed by atoms with Gasteiger partial charge in [0.05, 0.1) is 11.7 Å². The summed E-state index contributed by atoms with van der Waals surface area (Å²) in [6.07, 6.45) is 0.721. The highest BCUT2D eigenvalue weighted by Crippen LogP contribution is 2.15. The number of nitrogens with zero attached hydrogens (tertiary/aromatic N) is 2. The van der Waals surface area contributed by atoms with E-state index in [0.29, 0.717) is 4.88 Å². The van der Waals surface area contributed by atoms with Crippen LogP contribution in [0.1, 0.15) is 40.8 Å². The van der Waals surface area contributed by atoms with E-state index < -0.39 is 0 Å². The van der Waals surface area contributed by atoms with Crippen LogP contribution in [0.25, 0.3) is 0 Å². The molecule has 0 aliphatic heterocycles. The third kappa shape index (κ3) is 2.73. The lowest BCUT2D eigenvalue weighted by Gasteiger charge is -2.13. The molecule has 0 aliphatic carbocycles. The number of hydrogen-bond acceptors (Lipinski definition) is 4. The maximum Gasteiger partial charge on any atom is 0.265 e. The summed E-state index contributed by atoms with van der Waals surface area (Å²) in [6.45, 7) is 3.93. The maximum atomic E-state index is 12.1. The van der Waals surface area contributed by atoms with Crippen molar-refractivity contribution in [2.45, 2.75) is 26.3 Å². The molecule has 0 bridgehead atoms. The molecule has 1 heterocycles. The largest absolute Gasteiger partial charge is 0.345 e. The first-order valence-corrected chi connectivity index (χ1v) is 6.66. The predicted molar refractivity (Wildman–Crippen MR) is 71.6 cm³/mol. The van der Waals surface area contributed by atoms with Gasteiger partial charge in [-0.25, -0.2) is 0 Å². The lowest BCUT2D eigenvalue weighted by Crippen LogP contribution is -2.26. The van der Waals surface area contributed by atoms with Gasteiger partial charge in [0.15, 0.2) is 0 Å². The van der Waals surface area contributed by atoms with Gasteiger partial charge in [0.2, 0.25) is 0 Å². The minimum Gasteiger partial charge on any atom is -0.345 e. The fraction of sp³-hybridized carbons (Fsp3) is 0.308. The van der Waals surface area contributed by atoms with Gasteiger partial charge in [-0.15, -0.1) is 5.10 Å². The number of carbonyl (C=O) groups is 1. The number of aryl methyl sites for hydroxylation is 1. The molecule has 1 amide bonds. The van der Waals surface area contributed by atoms with Gasteiger partial charge in [-0.05, 0) is 30.4 Å². The van der Waals surface area contributed by atoms with Crippen molar-refractivity contribution in [3.8, 4) is 0 Å². The van der Waals surface area contributed by atoms with Gasteiger partial charge in [0.25, 0.3) is 5.91 Å². The fourth-order valence-electron chi connectivity index (χ4n) is 1.70. The molecule has 0 saturated heterocycles. The molecule has 5 heteroatoms. The van der Waals surface area contributed by atoms with Crippen LogP contribution in [-0.2, 0) is 6.42 Å². The van der Waals surface area contributed by atoms with Crippen molar-refractivity contribution < 1.29 is 4.79 Å². The predicted octanol–water partition coefficient (Wildman–Crippen LogP) is 2.59. The van der Waals surface area contributed by atoms with E-state index in [0.717, 1.165) is 29.2 Å². The normalized spacial score (nSPS) is 12.1. The van der Waals surface area contributed by atoms with E-state index in [2.05, 4.69) is 14.9 Å². The highest BCUT2D eigenvalue weighted by Gasteiger charge is 2.17. The first-order valence-electron chi connectivity index (χ1n) is 5.89. The molecule has 0 unspecified atom stereocenters. The van der Waals surface area contributed by atoms with Gasteiger partial charge in [-0.2, -0.15) is 0 Å². The number of benzene rings is 1. The van der Waals surface area contributed by atoms with Gasteiger partial charge >= 0.3 is 0 Å². The zero-order valence-electron chi connectivity index (χ0n) is 10.4. The van der Waals surface area contributed by atoms with Gasteiger partial charge in [0.1, 0.15) is 4.88 Å². The van der Waals surface area contributed by atoms with Crippen molar-refractivity contribution >= 4 is 17.4 Å². The Morgan fingerprint density at radius 2 is 2.11 bits per heavy atom. The van der Waals surface area contributed by atoms with Crippen molar-refractivity contribution in [3.63, 3.8) is 0 Å². The van der Waals surface area contributed by atoms with Gasteiger partial charge in [-0.1, -0.05) is 41.7 Å². The van der Waals surface area contributed by atoms with Crippen LogP contribution in [-0.4, -0.2) is 15.5 Å². The fourth-order valence-corrected chi connectivity index (χ4v) is 2.35. The highest BCUT2D eigenvalue weighted by atomic mass is 32.1. The zero-order valence-corrected chi connectivity index (χ0v) is 11.2. The minimum atomic E-state index is -0.0989. The van der Waals surface area contributed by atoms with Crippen LogP contribution < -0.4 is 5.32 Å². The van der Waals surface area contributed by atoms with E-state index in [1.165, 1.54) is 0 Å². The molecule has 94 valence electrons. The number of amides is 1. The Bertz CT molecular complexity index is 524. The Labute approximate surface area is 110 Å². The van der Waals surface area contributed by atoms with E-state index >= 15 is 0 Å². The number of hydrogen-bond donors (Lipinski definition) is 1. The average Bonchev–Trinajstić information content (AvgIpc) is 2.88. The number of rotatable bonds is 4. The molecular weight excluding hydrogens is 246 g/mol. The van der Waals surface area contributed by atoms with Crippen molar-refractivity contribution in [1.82, 2.24) is 14.9 Å². The second kappa shape index (κ2) is 5.73. The number of aromatic nitrogens is 2. The van der Waals surface area contributed by atoms with E-state index in [4.69, 9.17) is 0 Å². The Balaban J connectivity index is 2.08. The zero-order chi connectivity index (χ0) is 13.0. The van der Waals surface area contributed by atoms with E-state index in [9.17, 15) is 4.79 Å². The van der Waals surface area contributed by atoms with Crippen LogP contribution >= 0.6 is 11.5 Å². The molecular formula is C13H15N3OS. The summed E-state index contributed by atoms with van der Waals surface area (Å²) in [4.78, 5) is 12.7. The van der Waals surface area contributed by atoms with Gasteiger partial charge in [0, 0.05) is 0 Å². The lowest BCUT2D eigenvalue weighted by atomic mass is 10.1. The molecule has 0 aliphatic rings. The monoisotopic (exact) mass is 261 g/mol. The Morgan fingerprint density at radius 1 is 1.39 bits per heavy atom. The Morgan fingerprint density at radius 3 is 2.78 bits per heavy atom. The average molecular weight is 261 g/mol. The maximum absolute atomic E-state index is 12.1. The molecule has 0 radical (unpaired) electrons. The van der Waals surface area contributed by atoms with Crippen LogP contribution in [0.4, 0.5) is 0 Å². The van der Waals surface area contributed by atoms with Crippen molar-refractivity contribution in [2.24, 2.45) is 0 Å². The van der Waals surface area contributed by atoms with Crippen molar-refractivity contribution in [3.05, 3.63) is 46.5 Å². The molecule has 1 atom stereocenters. The van der Waals surface area contributed by atoms with E-state index in [1.807, 2.05) is 44.2 Å². The van der Waals surface area contributed by atoms with Crippen LogP contribution in [0, 0.1) is 0 Å². The molecule has 4 nitrogen and oxygen atoms in total. The van der Waals surface area contributed by atoms with Crippen LogP contribution in [0.3, 0.4) is 0 Å². The molecule has 0 saturated carbocycles. The molecule has 1 N–H and O–H groups in total. The summed E-state index contributed by atoms with van der Waals surface area (Å²) >= 11 is 1.15. The van der Waals surface area contributed by atoms with Crippen molar-refractivity contribution in [2.75, 3.05) is 0 Å². The smallest absolute Gasteiger partial charge is 0.265 e. The highest BCUT2D eigenvalue weighted by molar-refractivity contribution is 7.08. The number of carbonyl (C=O) groups excluding carboxylic acids is 1. The topological polar surface area (TPSA) is 54.9 Å². The second-order valence-corrected chi connectivity index (χ2v) is 4.76. The first kappa shape index (κ1) is 12.7. The quantitative estimate of drug-likeness (QED) is 0.920. The molecule has 18 heavy (non-hydrogen) atoms. The lowest BCUT2D eigenvalue weighted by molar-refractivity contribution is 0.0943. The second-order valence-electron chi connectivity index (χ2n) is 4.01. The SMILES string of the molecule is CCc1nnsc1C(=O)N[C@H](C)c1ccccc1. The Hall–Kier alpha value is -1.75. The van der Waals surface area contributed by atoms with E-state index in [-0.39, 0.29) is 11.9 Å². The van der Waals surface area contributed by atoms with E-state index in [1.54, 1.807) is 0 Å². The Kier molecular flexibility index (Phi) is 4.04.